The van der Waals surface area contributed by atoms with Crippen molar-refractivity contribution < 1.29 is 0 Å². The summed E-state index contributed by atoms with van der Waals surface area (Å²) in [5.41, 5.74) is 10.6. The summed E-state index contributed by atoms with van der Waals surface area (Å²) in [4.78, 5) is 0. The van der Waals surface area contributed by atoms with Crippen molar-refractivity contribution in [2.45, 2.75) is 38.2 Å². The molecule has 0 aromatic heterocycles. The third kappa shape index (κ3) is 5.68. The van der Waals surface area contributed by atoms with Gasteiger partial charge in [-0.2, -0.15) is 0 Å². The zero-order valence-electron chi connectivity index (χ0n) is 19.2. The molecule has 0 amide bonds. The molecule has 0 radical (unpaired) electrons. The fraction of sp³-hybridized carbons (Fsp3) is 0.200. The van der Waals surface area contributed by atoms with E-state index in [1.54, 1.807) is 0 Å². The molecule has 4 rings (SSSR count). The highest BCUT2D eigenvalue weighted by Gasteiger charge is 2.21. The molecular weight excluding hydrogens is 424 g/mol. The van der Waals surface area contributed by atoms with Gasteiger partial charge in [0, 0.05) is 0 Å². The molecule has 0 aliphatic carbocycles. The third-order valence-electron chi connectivity index (χ3n) is 5.77. The minimum absolute atomic E-state index is 0.277. The van der Waals surface area contributed by atoms with Crippen molar-refractivity contribution in [2.75, 3.05) is 0 Å². The molecule has 32 heavy (non-hydrogen) atoms. The maximum absolute atomic E-state index is 2.28. The SMILES string of the molecule is Cc1ccc(C(SSC(c2ccc(C)cc2)c2ccc(C)cc2)c2ccc(C)cc2)cc1. The molecule has 0 saturated heterocycles. The number of hydrogen-bond acceptors (Lipinski definition) is 2. The van der Waals surface area contributed by atoms with Gasteiger partial charge in [-0.15, -0.1) is 0 Å². The average Bonchev–Trinajstić information content (AvgIpc) is 2.80. The van der Waals surface area contributed by atoms with Gasteiger partial charge in [-0.3, -0.25) is 0 Å². The number of hydrogen-bond donors (Lipinski definition) is 0. The van der Waals surface area contributed by atoms with E-state index in [1.165, 1.54) is 44.5 Å². The fourth-order valence-corrected chi connectivity index (χ4v) is 6.98. The second kappa shape index (κ2) is 10.5. The molecule has 0 heterocycles. The molecule has 162 valence electrons. The lowest BCUT2D eigenvalue weighted by atomic mass is 10.0. The smallest absolute Gasteiger partial charge is 0.0650 e. The Hall–Kier alpha value is -2.42. The van der Waals surface area contributed by atoms with E-state index in [9.17, 15) is 0 Å². The normalized spacial score (nSPS) is 11.3. The van der Waals surface area contributed by atoms with Crippen LogP contribution in [0.2, 0.25) is 0 Å². The van der Waals surface area contributed by atoms with E-state index in [4.69, 9.17) is 0 Å². The molecule has 0 spiro atoms. The number of benzene rings is 4. The largest absolute Gasteiger partial charge is 0.0801 e. The molecule has 4 aromatic carbocycles. The summed E-state index contributed by atoms with van der Waals surface area (Å²) in [6, 6.07) is 36.0. The van der Waals surface area contributed by atoms with Crippen LogP contribution in [0.3, 0.4) is 0 Å². The van der Waals surface area contributed by atoms with Crippen LogP contribution >= 0.6 is 21.6 Å². The van der Waals surface area contributed by atoms with Gasteiger partial charge in [0.05, 0.1) is 10.5 Å². The summed E-state index contributed by atoms with van der Waals surface area (Å²) in [5, 5.41) is 0.555. The Kier molecular flexibility index (Phi) is 7.44. The molecule has 0 fully saturated rings. The summed E-state index contributed by atoms with van der Waals surface area (Å²) in [7, 11) is 3.92. The molecule has 0 bridgehead atoms. The lowest BCUT2D eigenvalue weighted by Crippen LogP contribution is -1.99. The van der Waals surface area contributed by atoms with Crippen LogP contribution in [-0.2, 0) is 0 Å². The Bertz CT molecular complexity index is 940. The van der Waals surface area contributed by atoms with Gasteiger partial charge in [0.1, 0.15) is 0 Å². The van der Waals surface area contributed by atoms with Gasteiger partial charge >= 0.3 is 0 Å². The van der Waals surface area contributed by atoms with E-state index in [0.29, 0.717) is 0 Å². The number of aryl methyl sites for hydroxylation is 4. The Balaban J connectivity index is 1.67. The van der Waals surface area contributed by atoms with Crippen LogP contribution in [0.1, 0.15) is 55.0 Å². The molecule has 0 aliphatic heterocycles. The minimum atomic E-state index is 0.277. The molecule has 0 aliphatic rings. The van der Waals surface area contributed by atoms with Crippen molar-refractivity contribution in [1.82, 2.24) is 0 Å². The van der Waals surface area contributed by atoms with Crippen molar-refractivity contribution in [1.29, 1.82) is 0 Å². The quantitative estimate of drug-likeness (QED) is 0.255. The molecule has 0 N–H and O–H groups in total. The second-order valence-electron chi connectivity index (χ2n) is 8.60. The monoisotopic (exact) mass is 454 g/mol. The first-order chi connectivity index (χ1) is 15.5. The first-order valence-electron chi connectivity index (χ1n) is 11.1. The zero-order valence-corrected chi connectivity index (χ0v) is 20.8. The van der Waals surface area contributed by atoms with Crippen molar-refractivity contribution in [3.63, 3.8) is 0 Å². The van der Waals surface area contributed by atoms with Crippen LogP contribution in [0, 0.1) is 27.7 Å². The van der Waals surface area contributed by atoms with Crippen molar-refractivity contribution in [2.24, 2.45) is 0 Å². The first kappa shape index (κ1) is 22.8. The zero-order chi connectivity index (χ0) is 22.5. The lowest BCUT2D eigenvalue weighted by molar-refractivity contribution is 1.14. The summed E-state index contributed by atoms with van der Waals surface area (Å²) < 4.78 is 0. The molecule has 2 heteroatoms. The van der Waals surface area contributed by atoms with E-state index in [2.05, 4.69) is 125 Å². The summed E-state index contributed by atoms with van der Waals surface area (Å²) in [6.45, 7) is 8.60. The van der Waals surface area contributed by atoms with Gasteiger partial charge < -0.3 is 0 Å². The van der Waals surface area contributed by atoms with Crippen molar-refractivity contribution in [3.8, 4) is 0 Å². The van der Waals surface area contributed by atoms with Gasteiger partial charge in [-0.1, -0.05) is 141 Å². The van der Waals surface area contributed by atoms with E-state index in [-0.39, 0.29) is 10.5 Å². The van der Waals surface area contributed by atoms with Crippen LogP contribution in [0.5, 0.6) is 0 Å². The minimum Gasteiger partial charge on any atom is -0.0801 e. The molecule has 4 aromatic rings. The summed E-state index contributed by atoms with van der Waals surface area (Å²) in [5.74, 6) is 0. The van der Waals surface area contributed by atoms with Crippen LogP contribution in [0.4, 0.5) is 0 Å². The predicted molar refractivity (Wildman–Crippen MR) is 144 cm³/mol. The highest BCUT2D eigenvalue weighted by Crippen LogP contribution is 2.51. The Morgan fingerprint density at radius 1 is 0.344 bits per heavy atom. The maximum atomic E-state index is 2.28. The van der Waals surface area contributed by atoms with Gasteiger partial charge in [0.25, 0.3) is 0 Å². The lowest BCUT2D eigenvalue weighted by Gasteiger charge is -2.23. The highest BCUT2D eigenvalue weighted by atomic mass is 33.1. The van der Waals surface area contributed by atoms with E-state index in [0.717, 1.165) is 0 Å². The van der Waals surface area contributed by atoms with Crippen LogP contribution in [-0.4, -0.2) is 0 Å². The van der Waals surface area contributed by atoms with Crippen molar-refractivity contribution >= 4 is 21.6 Å². The first-order valence-corrected chi connectivity index (χ1v) is 13.4. The Morgan fingerprint density at radius 2 is 0.531 bits per heavy atom. The molecular formula is C30H30S2. The average molecular weight is 455 g/mol. The van der Waals surface area contributed by atoms with E-state index < -0.39 is 0 Å². The van der Waals surface area contributed by atoms with Gasteiger partial charge in [-0.05, 0) is 49.9 Å². The van der Waals surface area contributed by atoms with Crippen LogP contribution in [0.25, 0.3) is 0 Å². The van der Waals surface area contributed by atoms with Crippen LogP contribution in [0.15, 0.2) is 97.1 Å². The Morgan fingerprint density at radius 3 is 0.719 bits per heavy atom. The van der Waals surface area contributed by atoms with E-state index in [1.807, 2.05) is 21.6 Å². The highest BCUT2D eigenvalue weighted by molar-refractivity contribution is 8.76. The Labute approximate surface area is 200 Å². The molecule has 0 saturated carbocycles. The molecule has 0 nitrogen and oxygen atoms in total. The maximum Gasteiger partial charge on any atom is 0.0650 e. The van der Waals surface area contributed by atoms with Gasteiger partial charge in [-0.25, -0.2) is 0 Å². The van der Waals surface area contributed by atoms with Crippen molar-refractivity contribution in [3.05, 3.63) is 142 Å². The topological polar surface area (TPSA) is 0 Å². The second-order valence-corrected chi connectivity index (χ2v) is 11.1. The third-order valence-corrected chi connectivity index (χ3v) is 8.84. The summed E-state index contributed by atoms with van der Waals surface area (Å²) in [6.07, 6.45) is 0. The standard InChI is InChI=1S/C30H30S2/c1-21-5-13-25(14-6-21)29(26-15-7-22(2)8-16-26)31-32-30(27-17-9-23(3)10-18-27)28-19-11-24(4)12-20-28/h5-20,29-30H,1-4H3. The summed E-state index contributed by atoms with van der Waals surface area (Å²) >= 11 is 0. The van der Waals surface area contributed by atoms with Gasteiger partial charge in [0.15, 0.2) is 0 Å². The molecule has 0 unspecified atom stereocenters. The van der Waals surface area contributed by atoms with E-state index >= 15 is 0 Å². The van der Waals surface area contributed by atoms with Crippen LogP contribution < -0.4 is 0 Å². The molecule has 0 atom stereocenters. The number of rotatable bonds is 7. The van der Waals surface area contributed by atoms with Gasteiger partial charge in [0.2, 0.25) is 0 Å². The predicted octanol–water partition coefficient (Wildman–Crippen LogP) is 9.18. The fourth-order valence-electron chi connectivity index (χ4n) is 3.68.